The van der Waals surface area contributed by atoms with E-state index in [1.165, 1.54) is 6.07 Å². The number of rotatable bonds is 6. The van der Waals surface area contributed by atoms with Gasteiger partial charge < -0.3 is 19.4 Å². The van der Waals surface area contributed by atoms with E-state index >= 15 is 0 Å². The second-order valence-electron chi connectivity index (χ2n) is 7.03. The van der Waals surface area contributed by atoms with E-state index in [4.69, 9.17) is 9.15 Å². The maximum atomic E-state index is 13.5. The van der Waals surface area contributed by atoms with Crippen molar-refractivity contribution in [3.8, 4) is 0 Å². The summed E-state index contributed by atoms with van der Waals surface area (Å²) in [6, 6.07) is 10.8. The number of hydrogen-bond donors (Lipinski definition) is 1. The summed E-state index contributed by atoms with van der Waals surface area (Å²) < 4.78 is 24.9. The third kappa shape index (κ3) is 6.68. The molecule has 0 bridgehead atoms. The van der Waals surface area contributed by atoms with E-state index in [1.807, 2.05) is 37.1 Å². The summed E-state index contributed by atoms with van der Waals surface area (Å²) in [5.41, 5.74) is 0.900. The van der Waals surface area contributed by atoms with Gasteiger partial charge in [0.05, 0.1) is 19.3 Å². The van der Waals surface area contributed by atoms with E-state index in [1.54, 1.807) is 19.2 Å². The minimum absolute atomic E-state index is 0. The zero-order valence-corrected chi connectivity index (χ0v) is 19.6. The lowest BCUT2D eigenvalue weighted by Gasteiger charge is -2.34. The minimum Gasteiger partial charge on any atom is -0.465 e. The third-order valence-corrected chi connectivity index (χ3v) is 4.91. The minimum atomic E-state index is -0.227. The molecule has 2 aromatic rings. The van der Waals surface area contributed by atoms with Crippen LogP contribution in [0.2, 0.25) is 0 Å². The molecule has 160 valence electrons. The lowest BCUT2D eigenvalue weighted by Crippen LogP contribution is -2.46. The highest BCUT2D eigenvalue weighted by atomic mass is 127. The number of halogens is 2. The van der Waals surface area contributed by atoms with Gasteiger partial charge in [0, 0.05) is 40.3 Å². The summed E-state index contributed by atoms with van der Waals surface area (Å²) >= 11 is 0. The topological polar surface area (TPSA) is 53.2 Å². The molecule has 1 fully saturated rings. The first-order chi connectivity index (χ1) is 13.6. The Morgan fingerprint density at radius 1 is 1.28 bits per heavy atom. The summed E-state index contributed by atoms with van der Waals surface area (Å²) in [5, 5.41) is 3.45. The van der Waals surface area contributed by atoms with Crippen molar-refractivity contribution in [2.24, 2.45) is 4.99 Å². The van der Waals surface area contributed by atoms with Gasteiger partial charge >= 0.3 is 0 Å². The zero-order valence-electron chi connectivity index (χ0n) is 17.2. The molecule has 0 radical (unpaired) electrons. The molecule has 1 aromatic carbocycles. The largest absolute Gasteiger partial charge is 0.465 e. The Hall–Kier alpha value is -1.65. The van der Waals surface area contributed by atoms with E-state index in [9.17, 15) is 4.39 Å². The lowest BCUT2D eigenvalue weighted by molar-refractivity contribution is 0.0123. The third-order valence-electron chi connectivity index (χ3n) is 4.91. The Kier molecular flexibility index (Phi) is 9.38. The van der Waals surface area contributed by atoms with Gasteiger partial charge in [0.25, 0.3) is 0 Å². The molecule has 0 amide bonds. The van der Waals surface area contributed by atoms with Gasteiger partial charge in [0.1, 0.15) is 17.3 Å². The number of nitrogens with zero attached hydrogens (tertiary/aromatic N) is 3. The van der Waals surface area contributed by atoms with E-state index in [0.717, 1.165) is 49.3 Å². The number of hydrogen-bond acceptors (Lipinski definition) is 4. The Morgan fingerprint density at radius 2 is 2.03 bits per heavy atom. The molecule has 1 N–H and O–H groups in total. The molecule has 3 rings (SSSR count). The van der Waals surface area contributed by atoms with Gasteiger partial charge in [-0.25, -0.2) is 4.39 Å². The van der Waals surface area contributed by atoms with Crippen molar-refractivity contribution in [3.63, 3.8) is 0 Å². The van der Waals surface area contributed by atoms with Crippen molar-refractivity contribution < 1.29 is 13.5 Å². The Morgan fingerprint density at radius 3 is 2.66 bits per heavy atom. The van der Waals surface area contributed by atoms with Crippen molar-refractivity contribution in [2.45, 2.75) is 19.5 Å². The van der Waals surface area contributed by atoms with Crippen LogP contribution in [0.3, 0.4) is 0 Å². The van der Waals surface area contributed by atoms with Crippen LogP contribution in [0.4, 0.5) is 4.39 Å². The van der Waals surface area contributed by atoms with Crippen LogP contribution >= 0.6 is 24.0 Å². The molecule has 0 spiro atoms. The smallest absolute Gasteiger partial charge is 0.193 e. The molecule has 6 nitrogen and oxygen atoms in total. The van der Waals surface area contributed by atoms with Gasteiger partial charge in [-0.1, -0.05) is 12.1 Å². The predicted octanol–water partition coefficient (Wildman–Crippen LogP) is 3.43. The number of aliphatic imine (C=N–C) groups is 1. The number of morpholine rings is 1. The maximum absolute atomic E-state index is 13.5. The first kappa shape index (κ1) is 23.6. The summed E-state index contributed by atoms with van der Waals surface area (Å²) in [6.07, 6.45) is 0. The fraction of sp³-hybridized carbons (Fsp3) is 0.476. The number of ether oxygens (including phenoxy) is 1. The molecule has 2 heterocycles. The molecule has 1 atom stereocenters. The Bertz CT molecular complexity index is 792. The molecule has 1 aliphatic rings. The van der Waals surface area contributed by atoms with E-state index in [0.29, 0.717) is 13.1 Å². The lowest BCUT2D eigenvalue weighted by atomic mass is 10.1. The number of aryl methyl sites for hydroxylation is 1. The van der Waals surface area contributed by atoms with E-state index in [-0.39, 0.29) is 35.8 Å². The van der Waals surface area contributed by atoms with Crippen LogP contribution < -0.4 is 5.32 Å². The first-order valence-corrected chi connectivity index (χ1v) is 9.61. The van der Waals surface area contributed by atoms with Crippen LogP contribution in [0, 0.1) is 12.7 Å². The molecule has 1 aliphatic heterocycles. The van der Waals surface area contributed by atoms with Gasteiger partial charge in [0.15, 0.2) is 5.96 Å². The molecule has 0 aliphatic carbocycles. The summed E-state index contributed by atoms with van der Waals surface area (Å²) in [4.78, 5) is 8.74. The monoisotopic (exact) mass is 516 g/mol. The molecule has 1 aromatic heterocycles. The Labute approximate surface area is 189 Å². The molecular weight excluding hydrogens is 486 g/mol. The van der Waals surface area contributed by atoms with Crippen molar-refractivity contribution >= 4 is 29.9 Å². The van der Waals surface area contributed by atoms with Crippen LogP contribution in [0.5, 0.6) is 0 Å². The fourth-order valence-electron chi connectivity index (χ4n) is 3.49. The van der Waals surface area contributed by atoms with Gasteiger partial charge in [0.2, 0.25) is 0 Å². The van der Waals surface area contributed by atoms with Crippen molar-refractivity contribution in [3.05, 3.63) is 59.3 Å². The highest BCUT2D eigenvalue weighted by Gasteiger charge is 2.25. The van der Waals surface area contributed by atoms with Crippen LogP contribution in [-0.4, -0.2) is 62.7 Å². The van der Waals surface area contributed by atoms with Gasteiger partial charge in [-0.3, -0.25) is 9.89 Å². The summed E-state index contributed by atoms with van der Waals surface area (Å²) in [5.74, 6) is 2.37. The zero-order chi connectivity index (χ0) is 19.9. The maximum Gasteiger partial charge on any atom is 0.193 e. The van der Waals surface area contributed by atoms with E-state index < -0.39 is 0 Å². The highest BCUT2D eigenvalue weighted by molar-refractivity contribution is 14.0. The summed E-state index contributed by atoms with van der Waals surface area (Å²) in [7, 11) is 3.70. The van der Waals surface area contributed by atoms with Crippen molar-refractivity contribution in [2.75, 3.05) is 46.9 Å². The predicted molar refractivity (Wildman–Crippen MR) is 123 cm³/mol. The fourth-order valence-corrected chi connectivity index (χ4v) is 3.49. The molecule has 1 unspecified atom stereocenters. The van der Waals surface area contributed by atoms with Gasteiger partial charge in [-0.05, 0) is 36.8 Å². The molecular formula is C21H30FIN4O2. The molecule has 1 saturated heterocycles. The molecule has 0 saturated carbocycles. The second-order valence-corrected chi connectivity index (χ2v) is 7.03. The van der Waals surface area contributed by atoms with Crippen LogP contribution in [0.25, 0.3) is 0 Å². The van der Waals surface area contributed by atoms with Crippen molar-refractivity contribution in [1.29, 1.82) is 0 Å². The normalized spacial score (nSPS) is 16.2. The van der Waals surface area contributed by atoms with Gasteiger partial charge in [-0.2, -0.15) is 0 Å². The van der Waals surface area contributed by atoms with E-state index in [2.05, 4.69) is 15.2 Å². The number of furan rings is 1. The first-order valence-electron chi connectivity index (χ1n) is 9.61. The second kappa shape index (κ2) is 11.5. The highest BCUT2D eigenvalue weighted by Crippen LogP contribution is 2.23. The average molecular weight is 516 g/mol. The summed E-state index contributed by atoms with van der Waals surface area (Å²) in [6.45, 7) is 6.37. The van der Waals surface area contributed by atoms with Gasteiger partial charge in [-0.15, -0.1) is 24.0 Å². The SMILES string of the molecule is CN=C(NCC(c1ccc(C)o1)N1CCOCC1)N(C)Cc1cccc(F)c1.I. The molecule has 29 heavy (non-hydrogen) atoms. The van der Waals surface area contributed by atoms with Crippen molar-refractivity contribution in [1.82, 2.24) is 15.1 Å². The van der Waals surface area contributed by atoms with Crippen LogP contribution in [0.15, 0.2) is 45.8 Å². The number of guanidine groups is 1. The average Bonchev–Trinajstić information content (AvgIpc) is 3.12. The number of benzene rings is 1. The number of nitrogens with one attached hydrogen (secondary N) is 1. The Balaban J connectivity index is 0.00000300. The van der Waals surface area contributed by atoms with Crippen LogP contribution in [0.1, 0.15) is 23.1 Å². The standard InChI is InChI=1S/C21H29FN4O2.HI/c1-16-7-8-20(28-16)19(26-9-11-27-12-10-26)14-24-21(23-2)25(3)15-17-5-4-6-18(22)13-17;/h4-8,13,19H,9-12,14-15H2,1-3H3,(H,23,24);1H. The van der Waals surface area contributed by atoms with Crippen LogP contribution in [-0.2, 0) is 11.3 Å². The quantitative estimate of drug-likeness (QED) is 0.363. The molecule has 8 heteroatoms.